The van der Waals surface area contributed by atoms with Crippen molar-refractivity contribution in [2.24, 2.45) is 0 Å². The van der Waals surface area contributed by atoms with Crippen LogP contribution in [0.15, 0.2) is 39.4 Å². The van der Waals surface area contributed by atoms with Gasteiger partial charge in [-0.25, -0.2) is 0 Å². The van der Waals surface area contributed by atoms with E-state index in [1.807, 2.05) is 6.07 Å². The van der Waals surface area contributed by atoms with E-state index in [-0.39, 0.29) is 11.5 Å². The number of hydrogen-bond acceptors (Lipinski definition) is 3. The fourth-order valence-electron chi connectivity index (χ4n) is 1.82. The molecular formula is C15H16BrNO3. The van der Waals surface area contributed by atoms with Crippen LogP contribution in [0.5, 0.6) is 5.75 Å². The second-order valence-corrected chi connectivity index (χ2v) is 5.43. The molecule has 1 aromatic heterocycles. The molecule has 0 saturated carbocycles. The molecule has 0 aliphatic heterocycles. The monoisotopic (exact) mass is 337 g/mol. The van der Waals surface area contributed by atoms with E-state index < -0.39 is 5.91 Å². The Kier molecular flexibility index (Phi) is 4.49. The molecule has 0 radical (unpaired) electrons. The summed E-state index contributed by atoms with van der Waals surface area (Å²) >= 11 is 3.14. The predicted octanol–water partition coefficient (Wildman–Crippen LogP) is 4.51. The minimum atomic E-state index is -0.401. The van der Waals surface area contributed by atoms with E-state index in [2.05, 4.69) is 35.1 Å². The van der Waals surface area contributed by atoms with Crippen LogP contribution in [-0.4, -0.2) is 11.0 Å². The molecule has 106 valence electrons. The van der Waals surface area contributed by atoms with Gasteiger partial charge in [0.05, 0.1) is 5.69 Å². The Morgan fingerprint density at radius 3 is 2.70 bits per heavy atom. The van der Waals surface area contributed by atoms with Crippen LogP contribution in [-0.2, 0) is 0 Å². The summed E-state index contributed by atoms with van der Waals surface area (Å²) in [6, 6.07) is 8.49. The van der Waals surface area contributed by atoms with E-state index in [1.165, 1.54) is 0 Å². The maximum Gasteiger partial charge on any atom is 0.291 e. The summed E-state index contributed by atoms with van der Waals surface area (Å²) in [5.74, 6) is 0.207. The number of phenolic OH excluding ortho intramolecular Hbond substituents is 1. The SMILES string of the molecule is CC[C@@H](C)c1ccc(NC(=O)c2ccc(Br)o2)c(O)c1. The standard InChI is InChI=1S/C15H16BrNO3/c1-3-9(2)10-4-5-11(12(18)8-10)17-15(19)13-6-7-14(16)20-13/h4-9,18H,3H2,1-2H3,(H,17,19)/t9-/m1/s1. The van der Waals surface area contributed by atoms with Gasteiger partial charge in [0, 0.05) is 0 Å². The van der Waals surface area contributed by atoms with Gasteiger partial charge in [-0.05, 0) is 58.1 Å². The van der Waals surface area contributed by atoms with Gasteiger partial charge in [0.25, 0.3) is 5.91 Å². The van der Waals surface area contributed by atoms with Crippen LogP contribution in [0.4, 0.5) is 5.69 Å². The molecule has 0 fully saturated rings. The van der Waals surface area contributed by atoms with Gasteiger partial charge in [-0.15, -0.1) is 0 Å². The average Bonchev–Trinajstić information content (AvgIpc) is 2.86. The third-order valence-corrected chi connectivity index (χ3v) is 3.67. The number of hydrogen-bond donors (Lipinski definition) is 2. The molecule has 2 N–H and O–H groups in total. The number of carbonyl (C=O) groups excluding carboxylic acids is 1. The van der Waals surface area contributed by atoms with E-state index in [1.54, 1.807) is 24.3 Å². The Balaban J connectivity index is 2.16. The Bertz CT molecular complexity index is 621. The van der Waals surface area contributed by atoms with Crippen LogP contribution in [0.2, 0.25) is 0 Å². The molecule has 4 nitrogen and oxygen atoms in total. The summed E-state index contributed by atoms with van der Waals surface area (Å²) in [7, 11) is 0. The van der Waals surface area contributed by atoms with E-state index in [0.29, 0.717) is 16.3 Å². The Labute approximate surface area is 125 Å². The Morgan fingerprint density at radius 2 is 2.15 bits per heavy atom. The molecule has 0 aliphatic carbocycles. The first-order valence-electron chi connectivity index (χ1n) is 6.41. The van der Waals surface area contributed by atoms with Crippen LogP contribution in [0.25, 0.3) is 0 Å². The van der Waals surface area contributed by atoms with Crippen molar-refractivity contribution >= 4 is 27.5 Å². The fourth-order valence-corrected chi connectivity index (χ4v) is 2.12. The van der Waals surface area contributed by atoms with Crippen molar-refractivity contribution in [1.29, 1.82) is 0 Å². The summed E-state index contributed by atoms with van der Waals surface area (Å²) in [6.07, 6.45) is 0.992. The first-order chi connectivity index (χ1) is 9.51. The molecule has 5 heteroatoms. The number of nitrogens with one attached hydrogen (secondary N) is 1. The smallest absolute Gasteiger partial charge is 0.291 e. The van der Waals surface area contributed by atoms with Crippen molar-refractivity contribution in [2.45, 2.75) is 26.2 Å². The zero-order valence-electron chi connectivity index (χ0n) is 11.3. The number of carbonyl (C=O) groups is 1. The second kappa shape index (κ2) is 6.13. The molecule has 0 bridgehead atoms. The van der Waals surface area contributed by atoms with Crippen LogP contribution in [0.3, 0.4) is 0 Å². The highest BCUT2D eigenvalue weighted by molar-refractivity contribution is 9.10. The third-order valence-electron chi connectivity index (χ3n) is 3.25. The van der Waals surface area contributed by atoms with Crippen molar-refractivity contribution in [1.82, 2.24) is 0 Å². The molecule has 0 unspecified atom stereocenters. The second-order valence-electron chi connectivity index (χ2n) is 4.64. The predicted molar refractivity (Wildman–Crippen MR) is 81.2 cm³/mol. The molecular weight excluding hydrogens is 322 g/mol. The lowest BCUT2D eigenvalue weighted by molar-refractivity contribution is 0.0995. The summed E-state index contributed by atoms with van der Waals surface area (Å²) in [6.45, 7) is 4.18. The van der Waals surface area contributed by atoms with Gasteiger partial charge >= 0.3 is 0 Å². The zero-order chi connectivity index (χ0) is 14.7. The van der Waals surface area contributed by atoms with Gasteiger partial charge in [0.1, 0.15) is 5.75 Å². The van der Waals surface area contributed by atoms with Crippen molar-refractivity contribution in [3.8, 4) is 5.75 Å². The molecule has 20 heavy (non-hydrogen) atoms. The molecule has 1 amide bonds. The number of halogens is 1. The minimum Gasteiger partial charge on any atom is -0.506 e. The first kappa shape index (κ1) is 14.7. The Morgan fingerprint density at radius 1 is 1.40 bits per heavy atom. The topological polar surface area (TPSA) is 62.5 Å². The molecule has 0 saturated heterocycles. The molecule has 0 spiro atoms. The molecule has 1 atom stereocenters. The van der Waals surface area contributed by atoms with E-state index in [0.717, 1.165) is 12.0 Å². The van der Waals surface area contributed by atoms with Gasteiger partial charge < -0.3 is 14.8 Å². The highest BCUT2D eigenvalue weighted by atomic mass is 79.9. The van der Waals surface area contributed by atoms with Crippen molar-refractivity contribution in [3.05, 3.63) is 46.3 Å². The van der Waals surface area contributed by atoms with Gasteiger partial charge in [-0.2, -0.15) is 0 Å². The van der Waals surface area contributed by atoms with Crippen molar-refractivity contribution < 1.29 is 14.3 Å². The number of amides is 1. The molecule has 1 aromatic carbocycles. The Hall–Kier alpha value is -1.75. The van der Waals surface area contributed by atoms with Crippen molar-refractivity contribution in [3.63, 3.8) is 0 Å². The van der Waals surface area contributed by atoms with Gasteiger partial charge in [-0.3, -0.25) is 4.79 Å². The highest BCUT2D eigenvalue weighted by Gasteiger charge is 2.13. The number of anilines is 1. The minimum absolute atomic E-state index is 0.0572. The maximum absolute atomic E-state index is 11.9. The third kappa shape index (κ3) is 3.22. The molecule has 1 heterocycles. The summed E-state index contributed by atoms with van der Waals surface area (Å²) in [4.78, 5) is 11.9. The number of benzene rings is 1. The fraction of sp³-hybridized carbons (Fsp3) is 0.267. The summed E-state index contributed by atoms with van der Waals surface area (Å²) in [5, 5.41) is 12.6. The summed E-state index contributed by atoms with van der Waals surface area (Å²) < 4.78 is 5.64. The number of furan rings is 1. The van der Waals surface area contributed by atoms with E-state index in [4.69, 9.17) is 4.42 Å². The summed E-state index contributed by atoms with van der Waals surface area (Å²) in [5.41, 5.74) is 1.42. The zero-order valence-corrected chi connectivity index (χ0v) is 12.9. The van der Waals surface area contributed by atoms with E-state index in [9.17, 15) is 9.90 Å². The normalized spacial score (nSPS) is 12.2. The molecule has 2 aromatic rings. The van der Waals surface area contributed by atoms with Crippen LogP contribution in [0, 0.1) is 0 Å². The van der Waals surface area contributed by atoms with Crippen LogP contribution in [0.1, 0.15) is 42.3 Å². The molecule has 0 aliphatic rings. The number of phenols is 1. The van der Waals surface area contributed by atoms with E-state index >= 15 is 0 Å². The van der Waals surface area contributed by atoms with Gasteiger partial charge in [0.15, 0.2) is 10.4 Å². The number of rotatable bonds is 4. The lowest BCUT2D eigenvalue weighted by Crippen LogP contribution is -2.11. The van der Waals surface area contributed by atoms with Crippen molar-refractivity contribution in [2.75, 3.05) is 5.32 Å². The van der Waals surface area contributed by atoms with Gasteiger partial charge in [-0.1, -0.05) is 19.9 Å². The lowest BCUT2D eigenvalue weighted by Gasteiger charge is -2.12. The maximum atomic E-state index is 11.9. The van der Waals surface area contributed by atoms with Crippen LogP contribution >= 0.6 is 15.9 Å². The first-order valence-corrected chi connectivity index (χ1v) is 7.20. The lowest BCUT2D eigenvalue weighted by atomic mass is 9.98. The van der Waals surface area contributed by atoms with Crippen LogP contribution < -0.4 is 5.32 Å². The number of aromatic hydroxyl groups is 1. The molecule has 2 rings (SSSR count). The largest absolute Gasteiger partial charge is 0.506 e. The highest BCUT2D eigenvalue weighted by Crippen LogP contribution is 2.29. The quantitative estimate of drug-likeness (QED) is 0.806. The van der Waals surface area contributed by atoms with Gasteiger partial charge in [0.2, 0.25) is 0 Å². The average molecular weight is 338 g/mol.